The van der Waals surface area contributed by atoms with E-state index in [9.17, 15) is 10.1 Å². The predicted molar refractivity (Wildman–Crippen MR) is 75.5 cm³/mol. The van der Waals surface area contributed by atoms with E-state index in [-0.39, 0.29) is 18.0 Å². The van der Waals surface area contributed by atoms with Gasteiger partial charge in [-0.1, -0.05) is 29.8 Å². The number of ether oxygens (including phenoxy) is 2. The first-order chi connectivity index (χ1) is 9.66. The smallest absolute Gasteiger partial charge is 0.273 e. The lowest BCUT2D eigenvalue weighted by atomic mass is 10.3. The van der Waals surface area contributed by atoms with E-state index in [1.165, 1.54) is 18.2 Å². The average molecular weight is 294 g/mol. The highest BCUT2D eigenvalue weighted by Gasteiger charge is 2.10. The molecule has 0 aromatic heterocycles. The van der Waals surface area contributed by atoms with Crippen molar-refractivity contribution in [3.05, 3.63) is 63.7 Å². The highest BCUT2D eigenvalue weighted by atomic mass is 35.5. The van der Waals surface area contributed by atoms with Gasteiger partial charge in [-0.15, -0.1) is 0 Å². The Morgan fingerprint density at radius 2 is 1.75 bits per heavy atom. The number of rotatable bonds is 6. The Morgan fingerprint density at radius 1 is 1.05 bits per heavy atom. The SMILES string of the molecule is O=[N+]([O-])c1ccc(Cl)c(OCCOc2ccccc2)c1. The molecule has 5 nitrogen and oxygen atoms in total. The van der Waals surface area contributed by atoms with Crippen LogP contribution in [0, 0.1) is 10.1 Å². The number of benzene rings is 2. The molecule has 0 fully saturated rings. The summed E-state index contributed by atoms with van der Waals surface area (Å²) in [5.74, 6) is 1.01. The van der Waals surface area contributed by atoms with E-state index in [2.05, 4.69) is 0 Å². The lowest BCUT2D eigenvalue weighted by molar-refractivity contribution is -0.384. The molecule has 0 bridgehead atoms. The van der Waals surface area contributed by atoms with E-state index in [4.69, 9.17) is 21.1 Å². The fraction of sp³-hybridized carbons (Fsp3) is 0.143. The summed E-state index contributed by atoms with van der Waals surface area (Å²) in [6.07, 6.45) is 0. The minimum Gasteiger partial charge on any atom is -0.490 e. The summed E-state index contributed by atoms with van der Waals surface area (Å²) in [4.78, 5) is 10.2. The van der Waals surface area contributed by atoms with Crippen LogP contribution in [0.2, 0.25) is 5.02 Å². The largest absolute Gasteiger partial charge is 0.490 e. The number of hydrogen-bond acceptors (Lipinski definition) is 4. The highest BCUT2D eigenvalue weighted by molar-refractivity contribution is 6.32. The minimum atomic E-state index is -0.496. The van der Waals surface area contributed by atoms with Crippen molar-refractivity contribution in [2.45, 2.75) is 0 Å². The van der Waals surface area contributed by atoms with Crippen molar-refractivity contribution < 1.29 is 14.4 Å². The first-order valence-corrected chi connectivity index (χ1v) is 6.29. The van der Waals surface area contributed by atoms with Crippen molar-refractivity contribution in [3.8, 4) is 11.5 Å². The van der Waals surface area contributed by atoms with Crippen LogP contribution in [0.4, 0.5) is 5.69 Å². The molecule has 6 heteroatoms. The van der Waals surface area contributed by atoms with Gasteiger partial charge in [0.1, 0.15) is 24.7 Å². The number of nitro groups is 1. The molecule has 0 N–H and O–H groups in total. The number of non-ortho nitro benzene ring substituents is 1. The Hall–Kier alpha value is -2.27. The Morgan fingerprint density at radius 3 is 2.45 bits per heavy atom. The zero-order valence-electron chi connectivity index (χ0n) is 10.5. The van der Waals surface area contributed by atoms with Crippen LogP contribution in [0.3, 0.4) is 0 Å². The molecule has 0 spiro atoms. The van der Waals surface area contributed by atoms with E-state index in [1.54, 1.807) is 0 Å². The molecule has 0 atom stereocenters. The normalized spacial score (nSPS) is 10.1. The number of para-hydroxylation sites is 1. The Labute approximate surface area is 120 Å². The van der Waals surface area contributed by atoms with Crippen LogP contribution in [0.1, 0.15) is 0 Å². The van der Waals surface area contributed by atoms with Crippen molar-refractivity contribution in [3.63, 3.8) is 0 Å². The summed E-state index contributed by atoms with van der Waals surface area (Å²) in [5.41, 5.74) is -0.0617. The van der Waals surface area contributed by atoms with Gasteiger partial charge in [0, 0.05) is 6.07 Å². The molecule has 20 heavy (non-hydrogen) atoms. The van der Waals surface area contributed by atoms with Crippen LogP contribution in [-0.2, 0) is 0 Å². The molecule has 0 radical (unpaired) electrons. The second-order valence-electron chi connectivity index (χ2n) is 3.88. The average Bonchev–Trinajstić information content (AvgIpc) is 2.46. The molecular formula is C14H12ClNO4. The van der Waals surface area contributed by atoms with E-state index in [0.29, 0.717) is 11.6 Å². The van der Waals surface area contributed by atoms with Gasteiger partial charge in [-0.05, 0) is 18.2 Å². The maximum absolute atomic E-state index is 10.7. The second kappa shape index (κ2) is 6.77. The lowest BCUT2D eigenvalue weighted by Crippen LogP contribution is -2.09. The van der Waals surface area contributed by atoms with Gasteiger partial charge in [0.15, 0.2) is 0 Å². The van der Waals surface area contributed by atoms with E-state index < -0.39 is 4.92 Å². The summed E-state index contributed by atoms with van der Waals surface area (Å²) in [7, 11) is 0. The van der Waals surface area contributed by atoms with Crippen molar-refractivity contribution in [2.75, 3.05) is 13.2 Å². The quantitative estimate of drug-likeness (QED) is 0.463. The highest BCUT2D eigenvalue weighted by Crippen LogP contribution is 2.28. The molecule has 0 unspecified atom stereocenters. The summed E-state index contributed by atoms with van der Waals surface area (Å²) in [5, 5.41) is 11.0. The van der Waals surface area contributed by atoms with Gasteiger partial charge in [-0.25, -0.2) is 0 Å². The van der Waals surface area contributed by atoms with Crippen molar-refractivity contribution in [1.29, 1.82) is 0 Å². The molecule has 0 aliphatic rings. The van der Waals surface area contributed by atoms with Crippen molar-refractivity contribution in [2.24, 2.45) is 0 Å². The zero-order valence-corrected chi connectivity index (χ0v) is 11.2. The fourth-order valence-electron chi connectivity index (χ4n) is 1.54. The number of nitrogens with zero attached hydrogens (tertiary/aromatic N) is 1. The van der Waals surface area contributed by atoms with E-state index in [0.717, 1.165) is 5.75 Å². The van der Waals surface area contributed by atoms with Crippen LogP contribution in [0.15, 0.2) is 48.5 Å². The van der Waals surface area contributed by atoms with Crippen molar-refractivity contribution >= 4 is 17.3 Å². The monoisotopic (exact) mass is 293 g/mol. The van der Waals surface area contributed by atoms with E-state index >= 15 is 0 Å². The van der Waals surface area contributed by atoms with E-state index in [1.807, 2.05) is 30.3 Å². The Bertz CT molecular complexity index is 589. The van der Waals surface area contributed by atoms with Gasteiger partial charge in [0.05, 0.1) is 16.0 Å². The maximum Gasteiger partial charge on any atom is 0.273 e. The molecule has 2 rings (SSSR count). The molecule has 2 aromatic carbocycles. The van der Waals surface area contributed by atoms with Crippen LogP contribution in [0.25, 0.3) is 0 Å². The second-order valence-corrected chi connectivity index (χ2v) is 4.29. The maximum atomic E-state index is 10.7. The molecule has 104 valence electrons. The van der Waals surface area contributed by atoms with Gasteiger partial charge in [-0.3, -0.25) is 10.1 Å². The Balaban J connectivity index is 1.88. The predicted octanol–water partition coefficient (Wildman–Crippen LogP) is 3.71. The molecule has 0 saturated heterocycles. The third-order valence-electron chi connectivity index (χ3n) is 2.48. The summed E-state index contributed by atoms with van der Waals surface area (Å²) in [6, 6.07) is 13.4. The van der Waals surface area contributed by atoms with Gasteiger partial charge in [0.25, 0.3) is 5.69 Å². The van der Waals surface area contributed by atoms with Crippen LogP contribution in [-0.4, -0.2) is 18.1 Å². The van der Waals surface area contributed by atoms with Gasteiger partial charge >= 0.3 is 0 Å². The zero-order chi connectivity index (χ0) is 14.4. The van der Waals surface area contributed by atoms with Crippen molar-refractivity contribution in [1.82, 2.24) is 0 Å². The molecule has 0 heterocycles. The molecule has 0 saturated carbocycles. The summed E-state index contributed by atoms with van der Waals surface area (Å²) < 4.78 is 10.8. The molecule has 0 amide bonds. The van der Waals surface area contributed by atoms with Crippen LogP contribution in [0.5, 0.6) is 11.5 Å². The Kier molecular flexibility index (Phi) is 4.79. The molecule has 0 aliphatic heterocycles. The number of hydrogen-bond donors (Lipinski definition) is 0. The van der Waals surface area contributed by atoms with Gasteiger partial charge in [0.2, 0.25) is 0 Å². The molecule has 0 aliphatic carbocycles. The lowest BCUT2D eigenvalue weighted by Gasteiger charge is -2.09. The fourth-order valence-corrected chi connectivity index (χ4v) is 1.72. The third kappa shape index (κ3) is 3.86. The summed E-state index contributed by atoms with van der Waals surface area (Å²) in [6.45, 7) is 0.568. The minimum absolute atomic E-state index is 0.0617. The number of halogens is 1. The van der Waals surface area contributed by atoms with Gasteiger partial charge in [-0.2, -0.15) is 0 Å². The topological polar surface area (TPSA) is 61.6 Å². The van der Waals surface area contributed by atoms with Gasteiger partial charge < -0.3 is 9.47 Å². The van der Waals surface area contributed by atoms with Crippen LogP contribution < -0.4 is 9.47 Å². The molecule has 2 aromatic rings. The molecular weight excluding hydrogens is 282 g/mol. The number of nitro benzene ring substituents is 1. The first kappa shape index (κ1) is 14.1. The summed E-state index contributed by atoms with van der Waals surface area (Å²) >= 11 is 5.91. The standard InChI is InChI=1S/C14H12ClNO4/c15-13-7-6-11(16(17)18)10-14(13)20-9-8-19-12-4-2-1-3-5-12/h1-7,10H,8-9H2. The van der Waals surface area contributed by atoms with Crippen LogP contribution >= 0.6 is 11.6 Å². The first-order valence-electron chi connectivity index (χ1n) is 5.91. The third-order valence-corrected chi connectivity index (χ3v) is 2.79.